The number of fused-ring (bicyclic) bond motifs is 1. The lowest BCUT2D eigenvalue weighted by atomic mass is 10.0. The number of hydrogen-bond acceptors (Lipinski definition) is 6. The van der Waals surface area contributed by atoms with Gasteiger partial charge in [0.1, 0.15) is 18.4 Å². The third kappa shape index (κ3) is 3.46. The molecule has 0 spiro atoms. The maximum absolute atomic E-state index is 12.8. The number of rotatable bonds is 4. The Morgan fingerprint density at radius 1 is 1.35 bits per heavy atom. The van der Waals surface area contributed by atoms with Crippen LogP contribution in [0.5, 0.6) is 5.75 Å². The zero-order valence-electron chi connectivity index (χ0n) is 14.2. The second-order valence-electron chi connectivity index (χ2n) is 6.21. The standard InChI is InChI=1S/C17H19N3O6/c1-20(12-2-3-13(21)19-15(12)22)16(23)10-6-9-4-5-25-14(9)11(7-10)8-26-17(18)24/h6-7,12H,2-5,8H2,1H3,(H2,18,24)(H,19,21,22). The summed E-state index contributed by atoms with van der Waals surface area (Å²) in [6, 6.07) is 2.56. The summed E-state index contributed by atoms with van der Waals surface area (Å²) >= 11 is 0. The molecule has 0 aliphatic carbocycles. The van der Waals surface area contributed by atoms with Gasteiger partial charge in [-0.1, -0.05) is 0 Å². The van der Waals surface area contributed by atoms with Gasteiger partial charge in [-0.25, -0.2) is 4.79 Å². The molecule has 0 radical (unpaired) electrons. The summed E-state index contributed by atoms with van der Waals surface area (Å²) in [4.78, 5) is 48.3. The highest BCUT2D eigenvalue weighted by molar-refractivity contribution is 6.03. The lowest BCUT2D eigenvalue weighted by Gasteiger charge is -2.30. The second-order valence-corrected chi connectivity index (χ2v) is 6.21. The number of imide groups is 1. The van der Waals surface area contributed by atoms with Crippen molar-refractivity contribution in [1.82, 2.24) is 10.2 Å². The number of carbonyl (C=O) groups excluding carboxylic acids is 4. The van der Waals surface area contributed by atoms with Crippen molar-refractivity contribution in [2.75, 3.05) is 13.7 Å². The molecule has 26 heavy (non-hydrogen) atoms. The van der Waals surface area contributed by atoms with Crippen LogP contribution in [0, 0.1) is 0 Å². The van der Waals surface area contributed by atoms with Crippen molar-refractivity contribution < 1.29 is 28.7 Å². The van der Waals surface area contributed by atoms with Crippen LogP contribution < -0.4 is 15.8 Å². The smallest absolute Gasteiger partial charge is 0.404 e. The average molecular weight is 361 g/mol. The molecule has 0 saturated carbocycles. The molecule has 9 heteroatoms. The minimum absolute atomic E-state index is 0.110. The summed E-state index contributed by atoms with van der Waals surface area (Å²) < 4.78 is 10.4. The SMILES string of the molecule is CN(C(=O)c1cc2c(c(COC(N)=O)c1)OCC2)C1CCC(=O)NC1=O. The topological polar surface area (TPSA) is 128 Å². The van der Waals surface area contributed by atoms with E-state index in [1.54, 1.807) is 12.1 Å². The fourth-order valence-corrected chi connectivity index (χ4v) is 3.16. The zero-order valence-corrected chi connectivity index (χ0v) is 14.2. The summed E-state index contributed by atoms with van der Waals surface area (Å²) in [5.41, 5.74) is 6.73. The third-order valence-electron chi connectivity index (χ3n) is 4.48. The van der Waals surface area contributed by atoms with Crippen molar-refractivity contribution in [3.63, 3.8) is 0 Å². The summed E-state index contributed by atoms with van der Waals surface area (Å²) in [5.74, 6) is -0.604. The average Bonchev–Trinajstić information content (AvgIpc) is 3.07. The Morgan fingerprint density at radius 2 is 2.12 bits per heavy atom. The molecule has 0 aromatic heterocycles. The van der Waals surface area contributed by atoms with Gasteiger partial charge in [-0.15, -0.1) is 0 Å². The van der Waals surface area contributed by atoms with Gasteiger partial charge in [-0.2, -0.15) is 0 Å². The summed E-state index contributed by atoms with van der Waals surface area (Å²) in [5, 5.41) is 2.24. The fraction of sp³-hybridized carbons (Fsp3) is 0.412. The van der Waals surface area contributed by atoms with Gasteiger partial charge in [0.05, 0.1) is 6.61 Å². The molecule has 1 aromatic rings. The van der Waals surface area contributed by atoms with Gasteiger partial charge < -0.3 is 20.1 Å². The quantitative estimate of drug-likeness (QED) is 0.732. The normalized spacial score (nSPS) is 18.6. The molecule has 4 amide bonds. The van der Waals surface area contributed by atoms with Crippen molar-refractivity contribution >= 4 is 23.8 Å². The molecular formula is C17H19N3O6. The van der Waals surface area contributed by atoms with E-state index in [0.717, 1.165) is 5.56 Å². The summed E-state index contributed by atoms with van der Waals surface area (Å²) in [6.07, 6.45) is 0.166. The molecule has 0 bridgehead atoms. The van der Waals surface area contributed by atoms with Crippen LogP contribution in [0.1, 0.15) is 34.3 Å². The van der Waals surface area contributed by atoms with Gasteiger partial charge >= 0.3 is 6.09 Å². The largest absolute Gasteiger partial charge is 0.493 e. The van der Waals surface area contributed by atoms with E-state index in [-0.39, 0.29) is 31.3 Å². The lowest BCUT2D eigenvalue weighted by Crippen LogP contribution is -2.52. The predicted octanol–water partition coefficient (Wildman–Crippen LogP) is 0.0940. The number of piperidine rings is 1. The molecule has 2 heterocycles. The minimum atomic E-state index is -0.922. The number of nitrogens with zero attached hydrogens (tertiary/aromatic N) is 1. The second kappa shape index (κ2) is 7.03. The molecule has 3 rings (SSSR count). The van der Waals surface area contributed by atoms with Crippen LogP contribution in [0.2, 0.25) is 0 Å². The predicted molar refractivity (Wildman–Crippen MR) is 88.3 cm³/mol. The number of hydrogen-bond donors (Lipinski definition) is 2. The van der Waals surface area contributed by atoms with Crippen molar-refractivity contribution in [3.05, 3.63) is 28.8 Å². The van der Waals surface area contributed by atoms with E-state index in [1.807, 2.05) is 0 Å². The number of ether oxygens (including phenoxy) is 2. The maximum atomic E-state index is 12.8. The molecule has 1 atom stereocenters. The van der Waals surface area contributed by atoms with Crippen LogP contribution in [0.3, 0.4) is 0 Å². The highest BCUT2D eigenvalue weighted by Gasteiger charge is 2.33. The van der Waals surface area contributed by atoms with Crippen molar-refractivity contribution in [2.45, 2.75) is 31.9 Å². The first-order chi connectivity index (χ1) is 12.4. The number of amides is 4. The van der Waals surface area contributed by atoms with Gasteiger partial charge in [0.15, 0.2) is 0 Å². The molecule has 3 N–H and O–H groups in total. The first-order valence-electron chi connectivity index (χ1n) is 8.18. The Morgan fingerprint density at radius 3 is 2.81 bits per heavy atom. The zero-order chi connectivity index (χ0) is 18.8. The molecular weight excluding hydrogens is 342 g/mol. The van der Waals surface area contributed by atoms with Crippen molar-refractivity contribution in [3.8, 4) is 5.75 Å². The van der Waals surface area contributed by atoms with E-state index < -0.39 is 18.0 Å². The minimum Gasteiger partial charge on any atom is -0.493 e. The summed E-state index contributed by atoms with van der Waals surface area (Å²) in [6.45, 7) is 0.362. The van der Waals surface area contributed by atoms with Gasteiger partial charge in [0.2, 0.25) is 11.8 Å². The number of nitrogens with one attached hydrogen (secondary N) is 1. The first-order valence-corrected chi connectivity index (χ1v) is 8.18. The molecule has 1 saturated heterocycles. The van der Waals surface area contributed by atoms with E-state index in [1.165, 1.54) is 11.9 Å². The maximum Gasteiger partial charge on any atom is 0.404 e. The highest BCUT2D eigenvalue weighted by atomic mass is 16.5. The van der Waals surface area contributed by atoms with E-state index in [0.29, 0.717) is 29.9 Å². The molecule has 1 aromatic carbocycles. The number of likely N-dealkylation sites (N-methyl/N-ethyl adjacent to an activating group) is 1. The molecule has 9 nitrogen and oxygen atoms in total. The number of carbonyl (C=O) groups is 4. The molecule has 2 aliphatic rings. The highest BCUT2D eigenvalue weighted by Crippen LogP contribution is 2.32. The fourth-order valence-electron chi connectivity index (χ4n) is 3.16. The number of benzene rings is 1. The molecule has 1 fully saturated rings. The van der Waals surface area contributed by atoms with E-state index in [2.05, 4.69) is 5.32 Å². The number of primary amides is 1. The Bertz CT molecular complexity index is 791. The van der Waals surface area contributed by atoms with Crippen molar-refractivity contribution in [1.29, 1.82) is 0 Å². The molecule has 2 aliphatic heterocycles. The van der Waals surface area contributed by atoms with E-state index in [4.69, 9.17) is 15.2 Å². The van der Waals surface area contributed by atoms with Crippen LogP contribution >= 0.6 is 0 Å². The Hall–Kier alpha value is -3.10. The Balaban J connectivity index is 1.84. The van der Waals surface area contributed by atoms with Gasteiger partial charge in [-0.3, -0.25) is 19.7 Å². The summed E-state index contributed by atoms with van der Waals surface area (Å²) in [7, 11) is 1.52. The third-order valence-corrected chi connectivity index (χ3v) is 4.48. The van der Waals surface area contributed by atoms with E-state index >= 15 is 0 Å². The van der Waals surface area contributed by atoms with Crippen LogP contribution in [0.15, 0.2) is 12.1 Å². The van der Waals surface area contributed by atoms with Crippen LogP contribution in [-0.4, -0.2) is 48.4 Å². The van der Waals surface area contributed by atoms with Gasteiger partial charge in [0, 0.05) is 31.0 Å². The van der Waals surface area contributed by atoms with E-state index in [9.17, 15) is 19.2 Å². The van der Waals surface area contributed by atoms with Crippen LogP contribution in [0.25, 0.3) is 0 Å². The molecule has 1 unspecified atom stereocenters. The Labute approximate surface area is 149 Å². The van der Waals surface area contributed by atoms with Crippen LogP contribution in [-0.2, 0) is 27.4 Å². The molecule has 138 valence electrons. The lowest BCUT2D eigenvalue weighted by molar-refractivity contribution is -0.136. The Kier molecular flexibility index (Phi) is 4.79. The number of nitrogens with two attached hydrogens (primary N) is 1. The van der Waals surface area contributed by atoms with Gasteiger partial charge in [-0.05, 0) is 24.1 Å². The van der Waals surface area contributed by atoms with Crippen molar-refractivity contribution in [2.24, 2.45) is 5.73 Å². The monoisotopic (exact) mass is 361 g/mol. The van der Waals surface area contributed by atoms with Gasteiger partial charge in [0.25, 0.3) is 5.91 Å². The first kappa shape index (κ1) is 17.7. The van der Waals surface area contributed by atoms with Crippen LogP contribution in [0.4, 0.5) is 4.79 Å².